The number of carbonyl (C=O) groups excluding carboxylic acids is 1. The van der Waals surface area contributed by atoms with E-state index in [1.807, 2.05) is 18.7 Å². The second-order valence-electron chi connectivity index (χ2n) is 6.73. The molecule has 2 fully saturated rings. The summed E-state index contributed by atoms with van der Waals surface area (Å²) in [5, 5.41) is 11.0. The molecule has 0 radical (unpaired) electrons. The van der Waals surface area contributed by atoms with Crippen LogP contribution in [0, 0.1) is 11.7 Å². The highest BCUT2D eigenvalue weighted by Gasteiger charge is 2.50. The van der Waals surface area contributed by atoms with E-state index >= 15 is 0 Å². The highest BCUT2D eigenvalue weighted by atomic mass is 19.1. The monoisotopic (exact) mass is 291 g/mol. The van der Waals surface area contributed by atoms with Crippen molar-refractivity contribution in [2.24, 2.45) is 5.92 Å². The normalized spacial score (nSPS) is 31.8. The molecule has 2 saturated heterocycles. The molecule has 3 rings (SSSR count). The van der Waals surface area contributed by atoms with Gasteiger partial charge in [0.15, 0.2) is 0 Å². The first kappa shape index (κ1) is 14.5. The largest absolute Gasteiger partial charge is 0.385 e. The summed E-state index contributed by atoms with van der Waals surface area (Å²) in [6, 6.07) is 6.31. The molecular formula is C17H22FNO2. The molecule has 0 aromatic heterocycles. The van der Waals surface area contributed by atoms with Gasteiger partial charge in [-0.3, -0.25) is 4.79 Å². The summed E-state index contributed by atoms with van der Waals surface area (Å²) in [7, 11) is 0. The van der Waals surface area contributed by atoms with Gasteiger partial charge in [0.05, 0.1) is 5.60 Å². The van der Waals surface area contributed by atoms with E-state index in [2.05, 4.69) is 0 Å². The van der Waals surface area contributed by atoms with Crippen LogP contribution in [0.15, 0.2) is 24.3 Å². The van der Waals surface area contributed by atoms with Crippen molar-refractivity contribution >= 4 is 5.91 Å². The lowest BCUT2D eigenvalue weighted by Gasteiger charge is -2.44. The number of halogens is 1. The Balaban J connectivity index is 1.85. The number of aliphatic hydroxyl groups is 1. The van der Waals surface area contributed by atoms with Crippen LogP contribution in [0.2, 0.25) is 0 Å². The molecule has 21 heavy (non-hydrogen) atoms. The molecule has 2 heterocycles. The third-order valence-corrected chi connectivity index (χ3v) is 4.90. The van der Waals surface area contributed by atoms with Crippen molar-refractivity contribution in [3.63, 3.8) is 0 Å². The van der Waals surface area contributed by atoms with E-state index in [9.17, 15) is 14.3 Å². The Bertz CT molecular complexity index is 526. The predicted molar refractivity (Wildman–Crippen MR) is 78.0 cm³/mol. The van der Waals surface area contributed by atoms with Gasteiger partial charge in [-0.1, -0.05) is 26.0 Å². The third-order valence-electron chi connectivity index (χ3n) is 4.90. The minimum atomic E-state index is -0.937. The molecule has 2 atom stereocenters. The lowest BCUT2D eigenvalue weighted by atomic mass is 9.80. The van der Waals surface area contributed by atoms with Crippen LogP contribution in [0.3, 0.4) is 0 Å². The summed E-state index contributed by atoms with van der Waals surface area (Å²) < 4.78 is 13.1. The molecule has 1 aromatic rings. The molecule has 1 N–H and O–H groups in total. The summed E-state index contributed by atoms with van der Waals surface area (Å²) in [6.45, 7) is 3.84. The number of hydrogen-bond acceptors (Lipinski definition) is 2. The minimum Gasteiger partial charge on any atom is -0.385 e. The topological polar surface area (TPSA) is 40.5 Å². The van der Waals surface area contributed by atoms with Gasteiger partial charge in [0.25, 0.3) is 0 Å². The summed E-state index contributed by atoms with van der Waals surface area (Å²) >= 11 is 0. The van der Waals surface area contributed by atoms with Crippen LogP contribution in [0.5, 0.6) is 0 Å². The zero-order valence-corrected chi connectivity index (χ0v) is 12.6. The van der Waals surface area contributed by atoms with Crippen molar-refractivity contribution in [2.75, 3.05) is 0 Å². The Morgan fingerprint density at radius 1 is 1.24 bits per heavy atom. The quantitative estimate of drug-likeness (QED) is 0.910. The average Bonchev–Trinajstić information content (AvgIpc) is 2.71. The van der Waals surface area contributed by atoms with Gasteiger partial charge in [-0.15, -0.1) is 0 Å². The average molecular weight is 291 g/mol. The van der Waals surface area contributed by atoms with Crippen molar-refractivity contribution in [3.8, 4) is 0 Å². The summed E-state index contributed by atoms with van der Waals surface area (Å²) in [5.74, 6) is -0.119. The molecule has 0 unspecified atom stereocenters. The number of amides is 1. The lowest BCUT2D eigenvalue weighted by Crippen LogP contribution is -2.53. The van der Waals surface area contributed by atoms with Crippen LogP contribution in [-0.4, -0.2) is 28.0 Å². The van der Waals surface area contributed by atoms with Crippen molar-refractivity contribution in [1.29, 1.82) is 0 Å². The van der Waals surface area contributed by atoms with Gasteiger partial charge in [0, 0.05) is 30.8 Å². The highest BCUT2D eigenvalue weighted by Crippen LogP contribution is 2.46. The molecule has 0 aliphatic carbocycles. The van der Waals surface area contributed by atoms with Gasteiger partial charge in [-0.25, -0.2) is 4.39 Å². The Morgan fingerprint density at radius 2 is 1.76 bits per heavy atom. The Kier molecular flexibility index (Phi) is 3.52. The lowest BCUT2D eigenvalue weighted by molar-refractivity contribution is -0.145. The van der Waals surface area contributed by atoms with E-state index in [0.29, 0.717) is 12.8 Å². The summed E-state index contributed by atoms with van der Waals surface area (Å²) in [6.07, 6.45) is 3.00. The van der Waals surface area contributed by atoms with Crippen molar-refractivity contribution < 1.29 is 14.3 Å². The second-order valence-corrected chi connectivity index (χ2v) is 6.73. The van der Waals surface area contributed by atoms with Crippen molar-refractivity contribution in [3.05, 3.63) is 35.6 Å². The number of fused-ring (bicyclic) bond motifs is 2. The number of nitrogens with zero attached hydrogens (tertiary/aromatic N) is 1. The Labute approximate surface area is 124 Å². The molecular weight excluding hydrogens is 269 g/mol. The first-order valence-corrected chi connectivity index (χ1v) is 7.71. The predicted octanol–water partition coefficient (Wildman–Crippen LogP) is 2.82. The Hall–Kier alpha value is -1.42. The number of carbonyl (C=O) groups is 1. The molecule has 2 bridgehead atoms. The fraction of sp³-hybridized carbons (Fsp3) is 0.588. The van der Waals surface area contributed by atoms with E-state index in [1.165, 1.54) is 12.1 Å². The van der Waals surface area contributed by atoms with Crippen LogP contribution in [-0.2, 0) is 10.4 Å². The zero-order valence-electron chi connectivity index (χ0n) is 12.6. The maximum absolute atomic E-state index is 13.1. The Morgan fingerprint density at radius 3 is 2.24 bits per heavy atom. The van der Waals surface area contributed by atoms with Gasteiger partial charge in [0.2, 0.25) is 5.91 Å². The van der Waals surface area contributed by atoms with E-state index in [-0.39, 0.29) is 29.7 Å². The van der Waals surface area contributed by atoms with Gasteiger partial charge in [-0.2, -0.15) is 0 Å². The fourth-order valence-corrected chi connectivity index (χ4v) is 3.88. The number of benzene rings is 1. The third kappa shape index (κ3) is 2.46. The minimum absolute atomic E-state index is 0.00915. The number of rotatable bonds is 2. The molecule has 0 saturated carbocycles. The standard InChI is InChI=1S/C17H22FNO2/c1-11(2)16(20)19-14-7-8-15(19)10-17(21,9-14)12-3-5-13(18)6-4-12/h3-6,11,14-15,21H,7-10H2,1-2H3/t14-,15-/m1/s1. The first-order chi connectivity index (χ1) is 9.90. The maximum Gasteiger partial charge on any atom is 0.225 e. The van der Waals surface area contributed by atoms with Crippen LogP contribution in [0.1, 0.15) is 45.1 Å². The van der Waals surface area contributed by atoms with Crippen LogP contribution in [0.4, 0.5) is 4.39 Å². The number of hydrogen-bond donors (Lipinski definition) is 1. The molecule has 0 spiro atoms. The maximum atomic E-state index is 13.1. The molecule has 3 nitrogen and oxygen atoms in total. The molecule has 114 valence electrons. The summed E-state index contributed by atoms with van der Waals surface area (Å²) in [4.78, 5) is 14.3. The van der Waals surface area contributed by atoms with E-state index in [1.54, 1.807) is 12.1 Å². The van der Waals surface area contributed by atoms with Crippen LogP contribution < -0.4 is 0 Å². The zero-order chi connectivity index (χ0) is 15.2. The fourth-order valence-electron chi connectivity index (χ4n) is 3.88. The first-order valence-electron chi connectivity index (χ1n) is 7.71. The van der Waals surface area contributed by atoms with E-state index in [0.717, 1.165) is 18.4 Å². The highest BCUT2D eigenvalue weighted by molar-refractivity contribution is 5.79. The summed E-state index contributed by atoms with van der Waals surface area (Å²) in [5.41, 5.74) is -0.176. The number of piperidine rings is 1. The van der Waals surface area contributed by atoms with Gasteiger partial charge in [0.1, 0.15) is 5.82 Å². The van der Waals surface area contributed by atoms with Gasteiger partial charge in [-0.05, 0) is 30.5 Å². The second kappa shape index (κ2) is 5.09. The van der Waals surface area contributed by atoms with E-state index < -0.39 is 5.60 Å². The molecule has 4 heteroatoms. The molecule has 2 aliphatic rings. The molecule has 1 amide bonds. The molecule has 1 aromatic carbocycles. The van der Waals surface area contributed by atoms with Crippen molar-refractivity contribution in [2.45, 2.75) is 57.2 Å². The van der Waals surface area contributed by atoms with Crippen LogP contribution in [0.25, 0.3) is 0 Å². The van der Waals surface area contributed by atoms with Crippen molar-refractivity contribution in [1.82, 2.24) is 4.90 Å². The molecule has 2 aliphatic heterocycles. The smallest absolute Gasteiger partial charge is 0.225 e. The SMILES string of the molecule is CC(C)C(=O)N1[C@@H]2CC[C@@H]1CC(O)(c1ccc(F)cc1)C2. The van der Waals surface area contributed by atoms with Crippen LogP contribution >= 0.6 is 0 Å². The van der Waals surface area contributed by atoms with E-state index in [4.69, 9.17) is 0 Å². The van der Waals surface area contributed by atoms with Gasteiger partial charge < -0.3 is 10.0 Å². The van der Waals surface area contributed by atoms with Gasteiger partial charge >= 0.3 is 0 Å².